The molecule has 2 aromatic rings. The minimum atomic E-state index is -0.327. The van der Waals surface area contributed by atoms with Crippen molar-refractivity contribution >= 4 is 17.5 Å². The fourth-order valence-corrected chi connectivity index (χ4v) is 3.28. The standard InChI is InChI=1S/C22H24FN3O3/c1-4-21(27)25(2)14-22(28)26-20(16-7-11-18(29-3)12-8-16)13-19(24-26)15-5-9-17(23)10-6-15/h5-12,20H,4,13-14H2,1-3H3. The van der Waals surface area contributed by atoms with Crippen molar-refractivity contribution in [3.63, 3.8) is 0 Å². The Labute approximate surface area is 169 Å². The minimum Gasteiger partial charge on any atom is -0.497 e. The second-order valence-corrected chi connectivity index (χ2v) is 6.89. The maximum Gasteiger partial charge on any atom is 0.262 e. The van der Waals surface area contributed by atoms with Gasteiger partial charge in [-0.1, -0.05) is 31.2 Å². The zero-order valence-electron chi connectivity index (χ0n) is 16.8. The number of carbonyl (C=O) groups is 2. The van der Waals surface area contributed by atoms with Crippen molar-refractivity contribution in [1.82, 2.24) is 9.91 Å². The number of halogens is 1. The number of nitrogens with zero attached hydrogens (tertiary/aromatic N) is 3. The summed E-state index contributed by atoms with van der Waals surface area (Å²) in [6.45, 7) is 1.70. The molecule has 0 fully saturated rings. The lowest BCUT2D eigenvalue weighted by molar-refractivity contribution is -0.140. The molecule has 0 spiro atoms. The third-order valence-corrected chi connectivity index (χ3v) is 4.94. The molecular formula is C22H24FN3O3. The first kappa shape index (κ1) is 20.5. The van der Waals surface area contributed by atoms with Crippen LogP contribution in [0.2, 0.25) is 0 Å². The highest BCUT2D eigenvalue weighted by Gasteiger charge is 2.33. The number of amides is 2. The van der Waals surface area contributed by atoms with Gasteiger partial charge >= 0.3 is 0 Å². The number of hydrogen-bond acceptors (Lipinski definition) is 4. The Morgan fingerprint density at radius 1 is 1.17 bits per heavy atom. The van der Waals surface area contributed by atoms with Gasteiger partial charge in [0.2, 0.25) is 5.91 Å². The molecule has 0 saturated carbocycles. The number of carbonyl (C=O) groups excluding carboxylic acids is 2. The zero-order valence-corrected chi connectivity index (χ0v) is 16.8. The van der Waals surface area contributed by atoms with Gasteiger partial charge in [0, 0.05) is 19.9 Å². The van der Waals surface area contributed by atoms with Gasteiger partial charge in [0.15, 0.2) is 0 Å². The predicted octanol–water partition coefficient (Wildman–Crippen LogP) is 3.38. The molecule has 0 bridgehead atoms. The Morgan fingerprint density at radius 3 is 2.41 bits per heavy atom. The number of likely N-dealkylation sites (N-methyl/N-ethyl adjacent to an activating group) is 1. The zero-order chi connectivity index (χ0) is 21.0. The van der Waals surface area contributed by atoms with Crippen LogP contribution in [0.5, 0.6) is 5.75 Å². The number of methoxy groups -OCH3 is 1. The maximum atomic E-state index is 13.3. The van der Waals surface area contributed by atoms with E-state index in [0.717, 1.165) is 16.9 Å². The van der Waals surface area contributed by atoms with Gasteiger partial charge in [-0.15, -0.1) is 0 Å². The second kappa shape index (κ2) is 8.86. The Hall–Kier alpha value is -3.22. The van der Waals surface area contributed by atoms with E-state index in [1.807, 2.05) is 24.3 Å². The number of rotatable bonds is 6. The molecule has 7 heteroatoms. The molecule has 0 radical (unpaired) electrons. The van der Waals surface area contributed by atoms with Crippen LogP contribution in [0.25, 0.3) is 0 Å². The largest absolute Gasteiger partial charge is 0.497 e. The van der Waals surface area contributed by atoms with Crippen LogP contribution in [-0.2, 0) is 9.59 Å². The van der Waals surface area contributed by atoms with Gasteiger partial charge in [-0.3, -0.25) is 9.59 Å². The molecule has 1 unspecified atom stereocenters. The quantitative estimate of drug-likeness (QED) is 0.751. The lowest BCUT2D eigenvalue weighted by atomic mass is 9.98. The van der Waals surface area contributed by atoms with Crippen LogP contribution in [0, 0.1) is 5.82 Å². The highest BCUT2D eigenvalue weighted by molar-refractivity contribution is 6.03. The SMILES string of the molecule is CCC(=O)N(C)CC(=O)N1N=C(c2ccc(F)cc2)CC1c1ccc(OC)cc1. The minimum absolute atomic E-state index is 0.0560. The molecule has 1 aliphatic heterocycles. The Bertz CT molecular complexity index is 910. The van der Waals surface area contributed by atoms with E-state index in [2.05, 4.69) is 5.10 Å². The third kappa shape index (κ3) is 4.62. The van der Waals surface area contributed by atoms with E-state index in [1.165, 1.54) is 22.0 Å². The monoisotopic (exact) mass is 397 g/mol. The van der Waals surface area contributed by atoms with Crippen LogP contribution in [0.3, 0.4) is 0 Å². The van der Waals surface area contributed by atoms with Crippen LogP contribution in [0.4, 0.5) is 4.39 Å². The molecule has 3 rings (SSSR count). The summed E-state index contributed by atoms with van der Waals surface area (Å²) in [7, 11) is 3.20. The maximum absolute atomic E-state index is 13.3. The van der Waals surface area contributed by atoms with E-state index < -0.39 is 0 Å². The van der Waals surface area contributed by atoms with Gasteiger partial charge in [-0.25, -0.2) is 9.40 Å². The summed E-state index contributed by atoms with van der Waals surface area (Å²) >= 11 is 0. The third-order valence-electron chi connectivity index (χ3n) is 4.94. The van der Waals surface area contributed by atoms with Gasteiger partial charge in [-0.2, -0.15) is 5.10 Å². The van der Waals surface area contributed by atoms with Crippen molar-refractivity contribution in [3.8, 4) is 5.75 Å². The molecule has 0 saturated heterocycles. The first-order chi connectivity index (χ1) is 13.9. The predicted molar refractivity (Wildman–Crippen MR) is 108 cm³/mol. The highest BCUT2D eigenvalue weighted by atomic mass is 19.1. The molecule has 1 heterocycles. The van der Waals surface area contributed by atoms with E-state index in [0.29, 0.717) is 18.6 Å². The van der Waals surface area contributed by atoms with Crippen LogP contribution in [0.15, 0.2) is 53.6 Å². The Balaban J connectivity index is 1.89. The summed E-state index contributed by atoms with van der Waals surface area (Å²) in [6, 6.07) is 13.2. The van der Waals surface area contributed by atoms with Crippen molar-refractivity contribution in [2.24, 2.45) is 5.10 Å². The summed E-state index contributed by atoms with van der Waals surface area (Å²) in [5.41, 5.74) is 2.37. The lowest BCUT2D eigenvalue weighted by Gasteiger charge is -2.25. The van der Waals surface area contributed by atoms with Gasteiger partial charge < -0.3 is 9.64 Å². The Kier molecular flexibility index (Phi) is 6.26. The second-order valence-electron chi connectivity index (χ2n) is 6.89. The molecule has 0 aromatic heterocycles. The number of benzene rings is 2. The topological polar surface area (TPSA) is 62.2 Å². The van der Waals surface area contributed by atoms with Crippen molar-refractivity contribution < 1.29 is 18.7 Å². The average Bonchev–Trinajstić information content (AvgIpc) is 3.19. The smallest absolute Gasteiger partial charge is 0.262 e. The summed E-state index contributed by atoms with van der Waals surface area (Å²) in [5, 5.41) is 5.97. The normalized spacial score (nSPS) is 15.8. The first-order valence-corrected chi connectivity index (χ1v) is 9.46. The van der Waals surface area contributed by atoms with Crippen molar-refractivity contribution in [2.75, 3.05) is 20.7 Å². The molecule has 0 N–H and O–H groups in total. The van der Waals surface area contributed by atoms with Crippen molar-refractivity contribution in [1.29, 1.82) is 0 Å². The lowest BCUT2D eigenvalue weighted by Crippen LogP contribution is -2.38. The van der Waals surface area contributed by atoms with Crippen LogP contribution in [-0.4, -0.2) is 48.1 Å². The van der Waals surface area contributed by atoms with Crippen molar-refractivity contribution in [2.45, 2.75) is 25.8 Å². The molecule has 6 nitrogen and oxygen atoms in total. The molecule has 1 atom stereocenters. The first-order valence-electron chi connectivity index (χ1n) is 9.46. The number of hydrogen-bond donors (Lipinski definition) is 0. The fraction of sp³-hybridized carbons (Fsp3) is 0.318. The van der Waals surface area contributed by atoms with Gasteiger partial charge in [0.05, 0.1) is 18.9 Å². The molecule has 152 valence electrons. The molecule has 29 heavy (non-hydrogen) atoms. The van der Waals surface area contributed by atoms with Gasteiger partial charge in [0.1, 0.15) is 18.1 Å². The van der Waals surface area contributed by atoms with E-state index in [-0.39, 0.29) is 30.2 Å². The molecular weight excluding hydrogens is 373 g/mol. The van der Waals surface area contributed by atoms with Crippen LogP contribution < -0.4 is 4.74 Å². The van der Waals surface area contributed by atoms with E-state index >= 15 is 0 Å². The number of ether oxygens (including phenoxy) is 1. The summed E-state index contributed by atoms with van der Waals surface area (Å²) in [4.78, 5) is 26.2. The van der Waals surface area contributed by atoms with E-state index in [4.69, 9.17) is 4.74 Å². The van der Waals surface area contributed by atoms with Crippen molar-refractivity contribution in [3.05, 3.63) is 65.5 Å². The van der Waals surface area contributed by atoms with Crippen LogP contribution in [0.1, 0.15) is 36.9 Å². The summed E-state index contributed by atoms with van der Waals surface area (Å²) in [5.74, 6) is 0.0118. The highest BCUT2D eigenvalue weighted by Crippen LogP contribution is 2.33. The molecule has 2 aromatic carbocycles. The van der Waals surface area contributed by atoms with Crippen LogP contribution >= 0.6 is 0 Å². The molecule has 1 aliphatic rings. The van der Waals surface area contributed by atoms with Gasteiger partial charge in [-0.05, 0) is 35.4 Å². The summed E-state index contributed by atoms with van der Waals surface area (Å²) < 4.78 is 18.5. The Morgan fingerprint density at radius 2 is 1.83 bits per heavy atom. The fourth-order valence-electron chi connectivity index (χ4n) is 3.28. The molecule has 0 aliphatic carbocycles. The average molecular weight is 397 g/mol. The molecule has 2 amide bonds. The van der Waals surface area contributed by atoms with Gasteiger partial charge in [0.25, 0.3) is 5.91 Å². The number of hydrazone groups is 1. The van der Waals surface area contributed by atoms with E-state index in [1.54, 1.807) is 33.2 Å². The van der Waals surface area contributed by atoms with E-state index in [9.17, 15) is 14.0 Å². The summed E-state index contributed by atoms with van der Waals surface area (Å²) in [6.07, 6.45) is 0.824.